The van der Waals surface area contributed by atoms with Gasteiger partial charge in [-0.2, -0.15) is 18.3 Å². The van der Waals surface area contributed by atoms with Crippen molar-refractivity contribution in [2.24, 2.45) is 11.8 Å². The molecule has 1 aliphatic carbocycles. The fourth-order valence-corrected chi connectivity index (χ4v) is 7.33. The fourth-order valence-electron chi connectivity index (χ4n) is 5.38. The molecule has 0 aromatic carbocycles. The second-order valence-corrected chi connectivity index (χ2v) is 11.3. The molecule has 3 aromatic heterocycles. The third-order valence-corrected chi connectivity index (χ3v) is 9.17. The third kappa shape index (κ3) is 4.44. The molecule has 5 rings (SSSR count). The average Bonchev–Trinajstić information content (AvgIpc) is 3.28. The van der Waals surface area contributed by atoms with Crippen LogP contribution in [0.2, 0.25) is 0 Å². The topological polar surface area (TPSA) is 91.8 Å². The lowest BCUT2D eigenvalue weighted by Gasteiger charge is -2.35. The van der Waals surface area contributed by atoms with Gasteiger partial charge in [-0.3, -0.25) is 5.10 Å². The van der Waals surface area contributed by atoms with Crippen LogP contribution in [-0.2, 0) is 10.0 Å². The van der Waals surface area contributed by atoms with Crippen molar-refractivity contribution in [1.82, 2.24) is 24.5 Å². The van der Waals surface area contributed by atoms with E-state index in [4.69, 9.17) is 0 Å². The van der Waals surface area contributed by atoms with E-state index in [1.807, 2.05) is 6.07 Å². The van der Waals surface area contributed by atoms with Gasteiger partial charge in [0.15, 0.2) is 5.65 Å². The number of halogens is 3. The molecular weight excluding hydrogens is 455 g/mol. The highest BCUT2D eigenvalue weighted by Crippen LogP contribution is 2.40. The Bertz CT molecular complexity index is 1250. The first-order chi connectivity index (χ1) is 15.7. The molecule has 3 aromatic rings. The van der Waals surface area contributed by atoms with Crippen LogP contribution in [0.4, 0.5) is 13.2 Å². The highest BCUT2D eigenvalue weighted by Gasteiger charge is 2.44. The molecule has 1 saturated heterocycles. The fraction of sp³-hybridized carbons (Fsp3) is 0.591. The van der Waals surface area contributed by atoms with Crippen molar-refractivity contribution >= 4 is 31.8 Å². The number of alkyl halides is 3. The van der Waals surface area contributed by atoms with E-state index in [0.717, 1.165) is 39.0 Å². The minimum atomic E-state index is -4.35. The summed E-state index contributed by atoms with van der Waals surface area (Å²) >= 11 is 0. The summed E-state index contributed by atoms with van der Waals surface area (Å²) in [6.45, 7) is -0.270. The lowest BCUT2D eigenvalue weighted by atomic mass is 9.80. The number of nitrogens with zero attached hydrogens (tertiary/aromatic N) is 4. The zero-order valence-electron chi connectivity index (χ0n) is 18.1. The van der Waals surface area contributed by atoms with Crippen molar-refractivity contribution in [1.29, 1.82) is 0 Å². The monoisotopic (exact) mass is 481 g/mol. The summed E-state index contributed by atoms with van der Waals surface area (Å²) in [7, 11) is -3.72. The average molecular weight is 482 g/mol. The van der Waals surface area contributed by atoms with Gasteiger partial charge < -0.3 is 0 Å². The van der Waals surface area contributed by atoms with Gasteiger partial charge in [0.1, 0.15) is 0 Å². The van der Waals surface area contributed by atoms with E-state index in [2.05, 4.69) is 20.2 Å². The van der Waals surface area contributed by atoms with E-state index in [1.165, 1.54) is 0 Å². The molecular formula is C22H26F3N5O2S. The number of fused-ring (bicyclic) bond motifs is 3. The molecule has 33 heavy (non-hydrogen) atoms. The molecule has 4 heterocycles. The van der Waals surface area contributed by atoms with Gasteiger partial charge in [0.2, 0.25) is 10.0 Å². The highest BCUT2D eigenvalue weighted by molar-refractivity contribution is 7.89. The molecule has 178 valence electrons. The molecule has 1 N–H and O–H groups in total. The number of aromatic amines is 1. The summed E-state index contributed by atoms with van der Waals surface area (Å²) in [4.78, 5) is 8.65. The molecule has 0 spiro atoms. The summed E-state index contributed by atoms with van der Waals surface area (Å²) in [5.41, 5.74) is 1.69. The van der Waals surface area contributed by atoms with E-state index < -0.39 is 28.7 Å². The van der Waals surface area contributed by atoms with Crippen LogP contribution in [0.3, 0.4) is 0 Å². The van der Waals surface area contributed by atoms with Gasteiger partial charge in [0.05, 0.1) is 17.9 Å². The van der Waals surface area contributed by atoms with Crippen LogP contribution in [0, 0.1) is 11.8 Å². The maximum Gasteiger partial charge on any atom is 0.393 e. The van der Waals surface area contributed by atoms with E-state index in [-0.39, 0.29) is 37.0 Å². The van der Waals surface area contributed by atoms with Gasteiger partial charge in [0, 0.05) is 53.3 Å². The maximum absolute atomic E-state index is 13.1. The number of sulfonamides is 1. The number of nitrogens with one attached hydrogen (secondary N) is 1. The van der Waals surface area contributed by atoms with Crippen molar-refractivity contribution in [3.8, 4) is 0 Å². The number of aromatic nitrogens is 4. The summed E-state index contributed by atoms with van der Waals surface area (Å²) in [6, 6.07) is 1.94. The van der Waals surface area contributed by atoms with Crippen molar-refractivity contribution in [3.63, 3.8) is 0 Å². The molecule has 0 bridgehead atoms. The largest absolute Gasteiger partial charge is 0.393 e. The molecule has 2 aliphatic rings. The van der Waals surface area contributed by atoms with Gasteiger partial charge in [-0.1, -0.05) is 0 Å². The van der Waals surface area contributed by atoms with Crippen molar-refractivity contribution in [2.75, 3.05) is 18.8 Å². The summed E-state index contributed by atoms with van der Waals surface area (Å²) in [5.74, 6) is -1.50. The van der Waals surface area contributed by atoms with Crippen molar-refractivity contribution < 1.29 is 21.6 Å². The third-order valence-electron chi connectivity index (χ3n) is 7.16. The first-order valence-electron chi connectivity index (χ1n) is 11.3. The van der Waals surface area contributed by atoms with Crippen molar-refractivity contribution in [2.45, 2.75) is 50.6 Å². The Balaban J connectivity index is 1.28. The van der Waals surface area contributed by atoms with Gasteiger partial charge in [0.25, 0.3) is 0 Å². The molecule has 7 nitrogen and oxygen atoms in total. The minimum Gasteiger partial charge on any atom is -0.282 e. The first kappa shape index (κ1) is 22.5. The Morgan fingerprint density at radius 1 is 1.09 bits per heavy atom. The van der Waals surface area contributed by atoms with Crippen LogP contribution in [0.5, 0.6) is 0 Å². The second-order valence-electron chi connectivity index (χ2n) is 9.29. The lowest BCUT2D eigenvalue weighted by Crippen LogP contribution is -2.46. The van der Waals surface area contributed by atoms with E-state index in [9.17, 15) is 21.6 Å². The SMILES string of the molecule is O=S(=O)(CC1CCC(c2[nH]ncc3cnc4nccc4c23)CC1)N1CCCC(C(F)(F)F)C1. The molecule has 1 aliphatic heterocycles. The molecule has 1 saturated carbocycles. The minimum absolute atomic E-state index is 0.00210. The van der Waals surface area contributed by atoms with Crippen LogP contribution >= 0.6 is 0 Å². The Labute approximate surface area is 189 Å². The van der Waals surface area contributed by atoms with Gasteiger partial charge in [-0.25, -0.2) is 22.7 Å². The zero-order valence-corrected chi connectivity index (χ0v) is 18.9. The molecule has 11 heteroatoms. The highest BCUT2D eigenvalue weighted by atomic mass is 32.2. The number of piperidine rings is 1. The van der Waals surface area contributed by atoms with Crippen LogP contribution in [0.25, 0.3) is 21.8 Å². The van der Waals surface area contributed by atoms with Gasteiger partial charge >= 0.3 is 6.18 Å². The predicted octanol–water partition coefficient (Wildman–Crippen LogP) is 4.38. The zero-order chi connectivity index (χ0) is 23.2. The standard InChI is InChI=1S/C22H26F3N5O2S/c23-22(24,25)17-2-1-9-30(12-17)33(31,32)13-14-3-5-15(6-4-14)20-19-16(11-28-29-20)10-27-21-18(19)7-8-26-21/h7-8,10-11,14-15,17,29H,1-6,9,12-13H2. The van der Waals surface area contributed by atoms with Crippen LogP contribution in [0.1, 0.15) is 50.1 Å². The van der Waals surface area contributed by atoms with Crippen LogP contribution in [-0.4, -0.2) is 57.9 Å². The molecule has 0 radical (unpaired) electrons. The number of pyridine rings is 1. The molecule has 0 amide bonds. The van der Waals surface area contributed by atoms with Crippen LogP contribution < -0.4 is 0 Å². The second kappa shape index (κ2) is 8.50. The maximum atomic E-state index is 13.1. The number of H-pyrrole nitrogens is 1. The lowest BCUT2D eigenvalue weighted by molar-refractivity contribution is -0.182. The van der Waals surface area contributed by atoms with E-state index in [1.54, 1.807) is 18.6 Å². The number of hydrogen-bond donors (Lipinski definition) is 1. The predicted molar refractivity (Wildman–Crippen MR) is 118 cm³/mol. The molecule has 2 fully saturated rings. The molecule has 1 atom stereocenters. The normalized spacial score (nSPS) is 25.6. The Morgan fingerprint density at radius 2 is 1.88 bits per heavy atom. The van der Waals surface area contributed by atoms with Gasteiger partial charge in [-0.15, -0.1) is 0 Å². The smallest absolute Gasteiger partial charge is 0.282 e. The summed E-state index contributed by atoms with van der Waals surface area (Å²) < 4.78 is 66.2. The molecule has 1 unspecified atom stereocenters. The summed E-state index contributed by atoms with van der Waals surface area (Å²) in [6.07, 6.45) is 4.12. The van der Waals surface area contributed by atoms with Gasteiger partial charge in [-0.05, 0) is 50.5 Å². The van der Waals surface area contributed by atoms with Crippen molar-refractivity contribution in [3.05, 3.63) is 30.4 Å². The van der Waals surface area contributed by atoms with E-state index >= 15 is 0 Å². The van der Waals surface area contributed by atoms with E-state index in [0.29, 0.717) is 18.5 Å². The first-order valence-corrected chi connectivity index (χ1v) is 12.9. The Kier molecular flexibility index (Phi) is 5.80. The number of rotatable bonds is 4. The Morgan fingerprint density at radius 3 is 2.64 bits per heavy atom. The van der Waals surface area contributed by atoms with Crippen LogP contribution in [0.15, 0.2) is 24.7 Å². The number of hydrogen-bond acceptors (Lipinski definition) is 5. The Hall–Kier alpha value is -2.27. The quantitative estimate of drug-likeness (QED) is 0.597. The summed E-state index contributed by atoms with van der Waals surface area (Å²) in [5, 5.41) is 10.4.